The normalized spacial score (nSPS) is 19.2. The van der Waals surface area contributed by atoms with Crippen molar-refractivity contribution in [2.24, 2.45) is 5.92 Å². The third kappa shape index (κ3) is 5.61. The predicted octanol–water partition coefficient (Wildman–Crippen LogP) is 2.35. The fourth-order valence-corrected chi connectivity index (χ4v) is 6.13. The molecule has 1 fully saturated rings. The van der Waals surface area contributed by atoms with Gasteiger partial charge in [-0.05, 0) is 69.3 Å². The number of nitrogens with one attached hydrogen (secondary N) is 1. The summed E-state index contributed by atoms with van der Waals surface area (Å²) in [5.74, 6) is 0.130. The van der Waals surface area contributed by atoms with Gasteiger partial charge in [-0.1, -0.05) is 12.1 Å². The van der Waals surface area contributed by atoms with Gasteiger partial charge in [0, 0.05) is 26.2 Å². The zero-order valence-corrected chi connectivity index (χ0v) is 18.4. The minimum Gasteiger partial charge on any atom is -0.337 e. The summed E-state index contributed by atoms with van der Waals surface area (Å²) in [4.78, 5) is 16.7. The average Bonchev–Trinajstić information content (AvgIpc) is 3.09. The molecule has 8 heteroatoms. The van der Waals surface area contributed by atoms with Gasteiger partial charge in [0.2, 0.25) is 0 Å². The number of fused-ring (bicyclic) bond motifs is 1. The number of piperidine rings is 1. The quantitative estimate of drug-likeness (QED) is 0.753. The molecule has 3 rings (SSSR count). The van der Waals surface area contributed by atoms with Crippen molar-refractivity contribution in [1.29, 1.82) is 0 Å². The van der Waals surface area contributed by atoms with Crippen LogP contribution in [0.25, 0.3) is 0 Å². The van der Waals surface area contributed by atoms with Gasteiger partial charge in [0.25, 0.3) is 0 Å². The van der Waals surface area contributed by atoms with E-state index in [4.69, 9.17) is 0 Å². The molecule has 1 saturated heterocycles. The molecule has 28 heavy (non-hydrogen) atoms. The van der Waals surface area contributed by atoms with Gasteiger partial charge in [-0.3, -0.25) is 0 Å². The van der Waals surface area contributed by atoms with Crippen LogP contribution in [-0.2, 0) is 22.7 Å². The highest BCUT2D eigenvalue weighted by Gasteiger charge is 2.30. The number of amides is 2. The van der Waals surface area contributed by atoms with Gasteiger partial charge in [-0.25, -0.2) is 13.2 Å². The first kappa shape index (κ1) is 23.0. The summed E-state index contributed by atoms with van der Waals surface area (Å²) in [5.41, 5.74) is 2.20. The van der Waals surface area contributed by atoms with Crippen molar-refractivity contribution in [3.63, 3.8) is 0 Å². The first-order valence-corrected chi connectivity index (χ1v) is 11.5. The molecule has 1 atom stereocenters. The van der Waals surface area contributed by atoms with Crippen LogP contribution in [0.1, 0.15) is 30.4 Å². The molecule has 0 bridgehead atoms. The van der Waals surface area contributed by atoms with Gasteiger partial charge < -0.3 is 15.1 Å². The molecule has 1 heterocycles. The molecular weight excluding hydrogens is 398 g/mol. The predicted molar refractivity (Wildman–Crippen MR) is 114 cm³/mol. The smallest absolute Gasteiger partial charge is 0.317 e. The van der Waals surface area contributed by atoms with Crippen LogP contribution in [-0.4, -0.2) is 70.3 Å². The number of nitrogens with zero attached hydrogens (tertiary/aromatic N) is 2. The summed E-state index contributed by atoms with van der Waals surface area (Å²) < 4.78 is 26.1. The van der Waals surface area contributed by atoms with Crippen LogP contribution < -0.4 is 5.32 Å². The number of rotatable bonds is 6. The van der Waals surface area contributed by atoms with E-state index < -0.39 is 9.84 Å². The van der Waals surface area contributed by atoms with Crippen LogP contribution in [0.2, 0.25) is 0 Å². The van der Waals surface area contributed by atoms with Crippen molar-refractivity contribution in [2.75, 3.05) is 46.0 Å². The topological polar surface area (TPSA) is 69.7 Å². The van der Waals surface area contributed by atoms with Crippen LogP contribution >= 0.6 is 12.4 Å². The summed E-state index contributed by atoms with van der Waals surface area (Å²) in [7, 11) is 0.606. The second-order valence-electron chi connectivity index (χ2n) is 8.02. The monoisotopic (exact) mass is 429 g/mol. The number of likely N-dealkylation sites (N-methyl/N-ethyl adjacent to an activating group) is 1. The highest BCUT2D eigenvalue weighted by Crippen LogP contribution is 2.30. The van der Waals surface area contributed by atoms with Crippen LogP contribution in [0, 0.1) is 5.92 Å². The number of benzene rings is 1. The maximum absolute atomic E-state index is 13.1. The Morgan fingerprint density at radius 1 is 1.25 bits per heavy atom. The Morgan fingerprint density at radius 3 is 2.79 bits per heavy atom. The highest BCUT2D eigenvalue weighted by molar-refractivity contribution is 7.91. The largest absolute Gasteiger partial charge is 0.337 e. The number of hydrogen-bond acceptors (Lipinski definition) is 4. The molecule has 6 nitrogen and oxygen atoms in total. The summed E-state index contributed by atoms with van der Waals surface area (Å²) in [6.07, 6.45) is 4.58. The van der Waals surface area contributed by atoms with Crippen molar-refractivity contribution < 1.29 is 13.2 Å². The van der Waals surface area contributed by atoms with Gasteiger partial charge in [0.05, 0.1) is 10.6 Å². The molecule has 1 unspecified atom stereocenters. The molecule has 0 saturated carbocycles. The number of likely N-dealkylation sites (tertiary alicyclic amines) is 1. The second kappa shape index (κ2) is 9.94. The van der Waals surface area contributed by atoms with Gasteiger partial charge >= 0.3 is 6.03 Å². The number of carbonyl (C=O) groups is 1. The molecule has 1 aromatic rings. The third-order valence-electron chi connectivity index (χ3n) is 5.53. The number of carbonyl (C=O) groups excluding carboxylic acids is 1. The SMILES string of the molecule is CN(C)CCNC(=O)N1CCCC(CS(=O)(=O)c2cccc3c2CCC3)C1.Cl. The molecule has 0 radical (unpaired) electrons. The number of urea groups is 1. The molecule has 1 aliphatic carbocycles. The van der Waals surface area contributed by atoms with E-state index in [1.165, 1.54) is 5.56 Å². The fourth-order valence-electron chi connectivity index (χ4n) is 4.16. The standard InChI is InChI=1S/C20H31N3O3S.ClH/c1-22(2)13-11-21-20(24)23-12-5-6-16(14-23)15-27(25,26)19-10-4-8-17-7-3-9-18(17)19;/h4,8,10,16H,3,5-7,9,11-15H2,1-2H3,(H,21,24);1H. The number of halogens is 1. The second-order valence-corrected chi connectivity index (χ2v) is 10.0. The molecule has 0 aromatic heterocycles. The van der Waals surface area contributed by atoms with Crippen molar-refractivity contribution in [3.8, 4) is 0 Å². The molecule has 2 aliphatic rings. The summed E-state index contributed by atoms with van der Waals surface area (Å²) in [6.45, 7) is 2.60. The lowest BCUT2D eigenvalue weighted by atomic mass is 10.0. The highest BCUT2D eigenvalue weighted by atomic mass is 35.5. The average molecular weight is 430 g/mol. The maximum atomic E-state index is 13.1. The zero-order chi connectivity index (χ0) is 19.4. The Bertz CT molecular complexity index is 783. The van der Waals surface area contributed by atoms with Gasteiger partial charge in [-0.15, -0.1) is 12.4 Å². The van der Waals surface area contributed by atoms with Crippen molar-refractivity contribution in [3.05, 3.63) is 29.3 Å². The fraction of sp³-hybridized carbons (Fsp3) is 0.650. The Hall–Kier alpha value is -1.31. The van der Waals surface area contributed by atoms with Crippen LogP contribution in [0.3, 0.4) is 0 Å². The summed E-state index contributed by atoms with van der Waals surface area (Å²) in [5, 5.41) is 2.93. The number of aryl methyl sites for hydroxylation is 1. The van der Waals surface area contributed by atoms with Crippen molar-refractivity contribution >= 4 is 28.3 Å². The van der Waals surface area contributed by atoms with Crippen LogP contribution in [0.4, 0.5) is 4.79 Å². The van der Waals surface area contributed by atoms with E-state index in [9.17, 15) is 13.2 Å². The van der Waals surface area contributed by atoms with E-state index in [1.54, 1.807) is 11.0 Å². The minimum atomic E-state index is -3.33. The molecule has 1 aliphatic heterocycles. The van der Waals surface area contributed by atoms with E-state index in [1.807, 2.05) is 31.1 Å². The molecule has 1 N–H and O–H groups in total. The Morgan fingerprint density at radius 2 is 2.04 bits per heavy atom. The van der Waals surface area contributed by atoms with Gasteiger partial charge in [0.15, 0.2) is 9.84 Å². The molecule has 158 valence electrons. The van der Waals surface area contributed by atoms with E-state index in [0.29, 0.717) is 24.5 Å². The lowest BCUT2D eigenvalue weighted by Crippen LogP contribution is -2.47. The number of hydrogen-bond donors (Lipinski definition) is 1. The summed E-state index contributed by atoms with van der Waals surface area (Å²) in [6, 6.07) is 5.58. The molecule has 0 spiro atoms. The van der Waals surface area contributed by atoms with Gasteiger partial charge in [-0.2, -0.15) is 0 Å². The third-order valence-corrected chi connectivity index (χ3v) is 7.50. The summed E-state index contributed by atoms with van der Waals surface area (Å²) >= 11 is 0. The Labute approximate surface area is 175 Å². The first-order chi connectivity index (χ1) is 12.9. The Balaban J connectivity index is 0.00000280. The molecule has 1 aromatic carbocycles. The van der Waals surface area contributed by atoms with E-state index >= 15 is 0 Å². The van der Waals surface area contributed by atoms with Gasteiger partial charge in [0.1, 0.15) is 0 Å². The van der Waals surface area contributed by atoms with E-state index in [2.05, 4.69) is 5.32 Å². The van der Waals surface area contributed by atoms with Crippen LogP contribution in [0.5, 0.6) is 0 Å². The maximum Gasteiger partial charge on any atom is 0.317 e. The van der Waals surface area contributed by atoms with Crippen LogP contribution in [0.15, 0.2) is 23.1 Å². The van der Waals surface area contributed by atoms with Crippen molar-refractivity contribution in [2.45, 2.75) is 37.0 Å². The number of sulfone groups is 1. The first-order valence-electron chi connectivity index (χ1n) is 9.88. The van der Waals surface area contributed by atoms with E-state index in [-0.39, 0.29) is 30.1 Å². The minimum absolute atomic E-state index is 0. The Kier molecular flexibility index (Phi) is 8.16. The van der Waals surface area contributed by atoms with Crippen molar-refractivity contribution in [1.82, 2.24) is 15.1 Å². The molecule has 2 amide bonds. The molecular formula is C20H32ClN3O3S. The van der Waals surface area contributed by atoms with E-state index in [0.717, 1.165) is 44.2 Å². The lowest BCUT2D eigenvalue weighted by Gasteiger charge is -2.33. The lowest BCUT2D eigenvalue weighted by molar-refractivity contribution is 0.169. The zero-order valence-electron chi connectivity index (χ0n) is 16.8.